The van der Waals surface area contributed by atoms with Gasteiger partial charge in [-0.2, -0.15) is 5.10 Å². The summed E-state index contributed by atoms with van der Waals surface area (Å²) in [5, 5.41) is 4.32. The van der Waals surface area contributed by atoms with E-state index in [9.17, 15) is 0 Å². The van der Waals surface area contributed by atoms with Crippen LogP contribution < -0.4 is 5.73 Å². The fourth-order valence-electron chi connectivity index (χ4n) is 2.10. The lowest BCUT2D eigenvalue weighted by atomic mass is 9.94. The first-order valence-electron chi connectivity index (χ1n) is 5.57. The van der Waals surface area contributed by atoms with Crippen molar-refractivity contribution < 1.29 is 0 Å². The molecule has 1 saturated carbocycles. The van der Waals surface area contributed by atoms with Gasteiger partial charge in [0.05, 0.1) is 6.20 Å². The first-order valence-corrected chi connectivity index (χ1v) is 5.57. The summed E-state index contributed by atoms with van der Waals surface area (Å²) >= 11 is 0. The molecule has 2 rings (SSSR count). The van der Waals surface area contributed by atoms with E-state index in [0.717, 1.165) is 25.4 Å². The highest BCUT2D eigenvalue weighted by Gasteiger charge is 2.32. The summed E-state index contributed by atoms with van der Waals surface area (Å²) in [6, 6.07) is 0. The number of aryl methyl sites for hydroxylation is 1. The van der Waals surface area contributed by atoms with Crippen LogP contribution in [0.4, 0.5) is 0 Å². The second kappa shape index (κ2) is 4.13. The van der Waals surface area contributed by atoms with E-state index in [-0.39, 0.29) is 0 Å². The first kappa shape index (κ1) is 9.71. The molecule has 0 aliphatic heterocycles. The summed E-state index contributed by atoms with van der Waals surface area (Å²) in [5.41, 5.74) is 7.03. The van der Waals surface area contributed by atoms with Gasteiger partial charge in [0.2, 0.25) is 0 Å². The maximum absolute atomic E-state index is 5.64. The van der Waals surface area contributed by atoms with Crippen LogP contribution in [0.2, 0.25) is 0 Å². The lowest BCUT2D eigenvalue weighted by molar-refractivity contribution is 0.563. The molecule has 1 atom stereocenters. The van der Waals surface area contributed by atoms with E-state index in [1.165, 1.54) is 18.4 Å². The summed E-state index contributed by atoms with van der Waals surface area (Å²) in [5.74, 6) is 1.55. The third-order valence-electron chi connectivity index (χ3n) is 3.07. The predicted molar refractivity (Wildman–Crippen MR) is 57.0 cm³/mol. The van der Waals surface area contributed by atoms with Gasteiger partial charge in [-0.05, 0) is 50.1 Å². The summed E-state index contributed by atoms with van der Waals surface area (Å²) in [7, 11) is 0. The fourth-order valence-corrected chi connectivity index (χ4v) is 2.10. The third kappa shape index (κ3) is 1.98. The van der Waals surface area contributed by atoms with Gasteiger partial charge in [-0.1, -0.05) is 0 Å². The second-order valence-corrected chi connectivity index (χ2v) is 4.15. The molecule has 0 radical (unpaired) electrons. The smallest absolute Gasteiger partial charge is 0.0524 e. The zero-order chi connectivity index (χ0) is 9.97. The van der Waals surface area contributed by atoms with Gasteiger partial charge in [-0.15, -0.1) is 0 Å². The summed E-state index contributed by atoms with van der Waals surface area (Å²) in [4.78, 5) is 0. The van der Waals surface area contributed by atoms with Crippen molar-refractivity contribution in [3.63, 3.8) is 0 Å². The molecule has 0 spiro atoms. The van der Waals surface area contributed by atoms with Crippen LogP contribution in [-0.2, 0) is 6.54 Å². The van der Waals surface area contributed by atoms with Crippen molar-refractivity contribution in [1.82, 2.24) is 9.78 Å². The molecule has 1 fully saturated rings. The molecule has 3 heteroatoms. The minimum absolute atomic E-state index is 0.667. The van der Waals surface area contributed by atoms with Gasteiger partial charge in [0, 0.05) is 12.7 Å². The van der Waals surface area contributed by atoms with E-state index in [1.807, 2.05) is 10.9 Å². The monoisotopic (exact) mass is 193 g/mol. The minimum Gasteiger partial charge on any atom is -0.330 e. The highest BCUT2D eigenvalue weighted by molar-refractivity contribution is 5.15. The summed E-state index contributed by atoms with van der Waals surface area (Å²) in [6.45, 7) is 3.87. The summed E-state index contributed by atoms with van der Waals surface area (Å²) in [6.07, 6.45) is 8.06. The zero-order valence-corrected chi connectivity index (χ0v) is 8.82. The number of nitrogens with two attached hydrogens (primary N) is 1. The van der Waals surface area contributed by atoms with Crippen LogP contribution in [0.5, 0.6) is 0 Å². The van der Waals surface area contributed by atoms with Crippen LogP contribution in [0.1, 0.15) is 37.7 Å². The number of hydrogen-bond acceptors (Lipinski definition) is 2. The van der Waals surface area contributed by atoms with Crippen LogP contribution in [0.3, 0.4) is 0 Å². The van der Waals surface area contributed by atoms with Gasteiger partial charge in [-0.3, -0.25) is 4.68 Å². The Kier molecular flexibility index (Phi) is 2.87. The Morgan fingerprint density at radius 3 is 2.93 bits per heavy atom. The van der Waals surface area contributed by atoms with Crippen LogP contribution in [0, 0.1) is 5.92 Å². The average molecular weight is 193 g/mol. The zero-order valence-electron chi connectivity index (χ0n) is 8.82. The Hall–Kier alpha value is -0.830. The molecule has 1 aliphatic rings. The molecule has 1 heterocycles. The average Bonchev–Trinajstić information content (AvgIpc) is 2.92. The van der Waals surface area contributed by atoms with Crippen molar-refractivity contribution in [3.8, 4) is 0 Å². The molecule has 14 heavy (non-hydrogen) atoms. The summed E-state index contributed by atoms with van der Waals surface area (Å²) < 4.78 is 2.00. The van der Waals surface area contributed by atoms with Crippen molar-refractivity contribution >= 4 is 0 Å². The molecule has 1 aliphatic carbocycles. The predicted octanol–water partition coefficient (Wildman–Crippen LogP) is 1.75. The normalized spacial score (nSPS) is 18.4. The van der Waals surface area contributed by atoms with Crippen LogP contribution >= 0.6 is 0 Å². The molecule has 0 saturated heterocycles. The lowest BCUT2D eigenvalue weighted by Gasteiger charge is -2.12. The Bertz CT molecular complexity index is 288. The minimum atomic E-state index is 0.667. The van der Waals surface area contributed by atoms with Crippen molar-refractivity contribution in [2.24, 2.45) is 11.7 Å². The SMILES string of the molecule is CCn1cc(C(CCN)C2CC2)cn1. The standard InChI is InChI=1S/C11H19N3/c1-2-14-8-10(7-13-14)11(5-6-12)9-3-4-9/h7-9,11H,2-6,12H2,1H3. The Morgan fingerprint density at radius 1 is 1.64 bits per heavy atom. The van der Waals surface area contributed by atoms with E-state index < -0.39 is 0 Å². The van der Waals surface area contributed by atoms with Gasteiger partial charge in [0.25, 0.3) is 0 Å². The van der Waals surface area contributed by atoms with Crippen molar-refractivity contribution in [2.45, 2.75) is 38.6 Å². The number of aromatic nitrogens is 2. The van der Waals surface area contributed by atoms with E-state index in [0.29, 0.717) is 5.92 Å². The van der Waals surface area contributed by atoms with E-state index in [2.05, 4.69) is 18.2 Å². The maximum atomic E-state index is 5.64. The van der Waals surface area contributed by atoms with Crippen molar-refractivity contribution in [2.75, 3.05) is 6.54 Å². The molecule has 1 aromatic rings. The van der Waals surface area contributed by atoms with Gasteiger partial charge in [0.15, 0.2) is 0 Å². The van der Waals surface area contributed by atoms with Crippen molar-refractivity contribution in [3.05, 3.63) is 18.0 Å². The third-order valence-corrected chi connectivity index (χ3v) is 3.07. The molecule has 2 N–H and O–H groups in total. The van der Waals surface area contributed by atoms with E-state index >= 15 is 0 Å². The molecule has 0 bridgehead atoms. The highest BCUT2D eigenvalue weighted by Crippen LogP contribution is 2.44. The van der Waals surface area contributed by atoms with Crippen LogP contribution in [-0.4, -0.2) is 16.3 Å². The largest absolute Gasteiger partial charge is 0.330 e. The first-order chi connectivity index (χ1) is 6.85. The number of nitrogens with zero attached hydrogens (tertiary/aromatic N) is 2. The van der Waals surface area contributed by atoms with Crippen LogP contribution in [0.25, 0.3) is 0 Å². The number of hydrogen-bond donors (Lipinski definition) is 1. The maximum Gasteiger partial charge on any atom is 0.0524 e. The van der Waals surface area contributed by atoms with Gasteiger partial charge >= 0.3 is 0 Å². The molecule has 78 valence electrons. The fraction of sp³-hybridized carbons (Fsp3) is 0.727. The van der Waals surface area contributed by atoms with Gasteiger partial charge in [0.1, 0.15) is 0 Å². The van der Waals surface area contributed by atoms with Gasteiger partial charge in [-0.25, -0.2) is 0 Å². The molecule has 0 aromatic carbocycles. The highest BCUT2D eigenvalue weighted by atomic mass is 15.3. The number of rotatable bonds is 5. The van der Waals surface area contributed by atoms with E-state index in [4.69, 9.17) is 5.73 Å². The Morgan fingerprint density at radius 2 is 2.43 bits per heavy atom. The topological polar surface area (TPSA) is 43.8 Å². The van der Waals surface area contributed by atoms with Gasteiger partial charge < -0.3 is 5.73 Å². The molecular weight excluding hydrogens is 174 g/mol. The Labute approximate surface area is 85.3 Å². The van der Waals surface area contributed by atoms with E-state index in [1.54, 1.807) is 0 Å². The quantitative estimate of drug-likeness (QED) is 0.774. The molecule has 3 nitrogen and oxygen atoms in total. The van der Waals surface area contributed by atoms with Crippen LogP contribution in [0.15, 0.2) is 12.4 Å². The van der Waals surface area contributed by atoms with Crippen molar-refractivity contribution in [1.29, 1.82) is 0 Å². The molecule has 1 aromatic heterocycles. The molecule has 0 amide bonds. The lowest BCUT2D eigenvalue weighted by Crippen LogP contribution is -2.08. The molecular formula is C11H19N3. The molecule has 1 unspecified atom stereocenters. The Balaban J connectivity index is 2.08. The second-order valence-electron chi connectivity index (χ2n) is 4.15.